The number of aliphatic carboxylic acids is 1. The van der Waals surface area contributed by atoms with Gasteiger partial charge in [0.2, 0.25) is 0 Å². The highest BCUT2D eigenvalue weighted by atomic mass is 32.2. The molecule has 0 radical (unpaired) electrons. The molecule has 106 valence electrons. The molecule has 0 bridgehead atoms. The minimum absolute atomic E-state index is 0.0677. The van der Waals surface area contributed by atoms with Crippen molar-refractivity contribution in [1.29, 1.82) is 0 Å². The van der Waals surface area contributed by atoms with Crippen LogP contribution in [0.2, 0.25) is 0 Å². The molecule has 0 heterocycles. The van der Waals surface area contributed by atoms with E-state index in [1.165, 1.54) is 0 Å². The first-order chi connectivity index (χ1) is 8.77. The second-order valence-corrected chi connectivity index (χ2v) is 6.80. The monoisotopic (exact) mass is 285 g/mol. The predicted octanol–water partition coefficient (Wildman–Crippen LogP) is 1.64. The van der Waals surface area contributed by atoms with E-state index in [2.05, 4.69) is 0 Å². The molecule has 1 atom stereocenters. The van der Waals surface area contributed by atoms with Crippen LogP contribution in [0.5, 0.6) is 0 Å². The van der Waals surface area contributed by atoms with Crippen LogP contribution in [-0.4, -0.2) is 38.8 Å². The van der Waals surface area contributed by atoms with E-state index in [9.17, 15) is 13.2 Å². The largest absolute Gasteiger partial charge is 0.481 e. The average Bonchev–Trinajstić information content (AvgIpc) is 2.38. The summed E-state index contributed by atoms with van der Waals surface area (Å²) in [6, 6.07) is 6.49. The topological polar surface area (TPSA) is 74.7 Å². The van der Waals surface area contributed by atoms with Crippen LogP contribution in [0.1, 0.15) is 13.8 Å². The van der Waals surface area contributed by atoms with E-state index in [4.69, 9.17) is 5.11 Å². The third-order valence-corrected chi connectivity index (χ3v) is 4.74. The van der Waals surface area contributed by atoms with Gasteiger partial charge in [-0.3, -0.25) is 4.79 Å². The summed E-state index contributed by atoms with van der Waals surface area (Å²) >= 11 is 0. The summed E-state index contributed by atoms with van der Waals surface area (Å²) in [5, 5.41) is 8.85. The van der Waals surface area contributed by atoms with Crippen LogP contribution < -0.4 is 4.90 Å². The van der Waals surface area contributed by atoms with Crippen LogP contribution in [-0.2, 0) is 14.6 Å². The van der Waals surface area contributed by atoms with Crippen molar-refractivity contribution in [3.05, 3.63) is 24.3 Å². The number of nitrogens with zero attached hydrogens (tertiary/aromatic N) is 1. The summed E-state index contributed by atoms with van der Waals surface area (Å²) in [5.74, 6) is -1.26. The zero-order valence-electron chi connectivity index (χ0n) is 11.3. The number of hydrogen-bond acceptors (Lipinski definition) is 4. The lowest BCUT2D eigenvalue weighted by atomic mass is 10.1. The molecule has 0 aliphatic carbocycles. The highest BCUT2D eigenvalue weighted by molar-refractivity contribution is 7.91. The van der Waals surface area contributed by atoms with Gasteiger partial charge in [0.15, 0.2) is 9.84 Å². The second-order valence-electron chi connectivity index (χ2n) is 4.52. The van der Waals surface area contributed by atoms with Gasteiger partial charge < -0.3 is 10.0 Å². The number of carbonyl (C=O) groups is 1. The molecule has 0 saturated heterocycles. The van der Waals surface area contributed by atoms with Crippen molar-refractivity contribution in [2.75, 3.05) is 24.2 Å². The van der Waals surface area contributed by atoms with E-state index in [1.54, 1.807) is 50.1 Å². The van der Waals surface area contributed by atoms with Gasteiger partial charge in [-0.25, -0.2) is 8.42 Å². The van der Waals surface area contributed by atoms with Crippen LogP contribution in [0, 0.1) is 5.92 Å². The summed E-state index contributed by atoms with van der Waals surface area (Å²) in [6.07, 6.45) is 0. The van der Waals surface area contributed by atoms with Crippen molar-refractivity contribution in [2.24, 2.45) is 5.92 Å². The van der Waals surface area contributed by atoms with Gasteiger partial charge >= 0.3 is 5.97 Å². The van der Waals surface area contributed by atoms with Crippen molar-refractivity contribution >= 4 is 21.5 Å². The third kappa shape index (κ3) is 3.96. The van der Waals surface area contributed by atoms with E-state index >= 15 is 0 Å². The molecule has 0 saturated carbocycles. The van der Waals surface area contributed by atoms with Crippen LogP contribution in [0.3, 0.4) is 0 Å². The molecule has 0 fully saturated rings. The Kier molecular flexibility index (Phi) is 4.94. The zero-order chi connectivity index (χ0) is 14.6. The molecule has 0 aliphatic rings. The number of sulfone groups is 1. The Morgan fingerprint density at radius 1 is 1.32 bits per heavy atom. The van der Waals surface area contributed by atoms with Gasteiger partial charge in [-0.15, -0.1) is 0 Å². The van der Waals surface area contributed by atoms with Crippen molar-refractivity contribution in [2.45, 2.75) is 18.7 Å². The molecule has 19 heavy (non-hydrogen) atoms. The maximum Gasteiger partial charge on any atom is 0.308 e. The minimum Gasteiger partial charge on any atom is -0.481 e. The lowest BCUT2D eigenvalue weighted by Gasteiger charge is -2.21. The van der Waals surface area contributed by atoms with Crippen LogP contribution in [0.4, 0.5) is 5.69 Å². The summed E-state index contributed by atoms with van der Waals surface area (Å²) in [4.78, 5) is 12.9. The summed E-state index contributed by atoms with van der Waals surface area (Å²) in [7, 11) is -1.41. The SMILES string of the molecule is CCS(=O)(=O)c1ccc(N(C)C[C@@H](C)C(=O)O)cc1. The van der Waals surface area contributed by atoms with Gasteiger partial charge in [0.25, 0.3) is 0 Å². The Labute approximate surface area is 113 Å². The van der Waals surface area contributed by atoms with Crippen LogP contribution >= 0.6 is 0 Å². The first-order valence-electron chi connectivity index (χ1n) is 6.04. The Balaban J connectivity index is 2.85. The lowest BCUT2D eigenvalue weighted by molar-refractivity contribution is -0.140. The van der Waals surface area contributed by atoms with Crippen LogP contribution in [0.15, 0.2) is 29.2 Å². The predicted molar refractivity (Wildman–Crippen MR) is 74.2 cm³/mol. The van der Waals surface area contributed by atoms with Crippen molar-refractivity contribution in [1.82, 2.24) is 0 Å². The van der Waals surface area contributed by atoms with Gasteiger partial charge in [0.05, 0.1) is 16.6 Å². The third-order valence-electron chi connectivity index (χ3n) is 2.99. The summed E-state index contributed by atoms with van der Waals surface area (Å²) in [6.45, 7) is 3.61. The van der Waals surface area contributed by atoms with Gasteiger partial charge in [-0.1, -0.05) is 13.8 Å². The van der Waals surface area contributed by atoms with E-state index in [0.29, 0.717) is 11.4 Å². The molecule has 5 nitrogen and oxygen atoms in total. The van der Waals surface area contributed by atoms with E-state index in [1.807, 2.05) is 0 Å². The Morgan fingerprint density at radius 3 is 2.26 bits per heavy atom. The molecule has 0 aliphatic heterocycles. The number of carboxylic acid groups (broad SMARTS) is 1. The number of hydrogen-bond donors (Lipinski definition) is 1. The first kappa shape index (κ1) is 15.5. The molecule has 1 N–H and O–H groups in total. The van der Waals surface area contributed by atoms with Crippen molar-refractivity contribution in [3.63, 3.8) is 0 Å². The molecular weight excluding hydrogens is 266 g/mol. The lowest BCUT2D eigenvalue weighted by Crippen LogP contribution is -2.28. The molecule has 0 spiro atoms. The molecule has 1 rings (SSSR count). The molecular formula is C13H19NO4S. The van der Waals surface area contributed by atoms with Crippen molar-refractivity contribution < 1.29 is 18.3 Å². The normalized spacial score (nSPS) is 13.0. The highest BCUT2D eigenvalue weighted by Crippen LogP contribution is 2.18. The number of benzene rings is 1. The highest BCUT2D eigenvalue weighted by Gasteiger charge is 2.15. The maximum atomic E-state index is 11.7. The van der Waals surface area contributed by atoms with E-state index in [0.717, 1.165) is 5.69 Å². The Bertz CT molecular complexity index is 536. The van der Waals surface area contributed by atoms with Crippen molar-refractivity contribution in [3.8, 4) is 0 Å². The molecule has 6 heteroatoms. The summed E-state index contributed by atoms with van der Waals surface area (Å²) < 4.78 is 23.3. The minimum atomic E-state index is -3.19. The first-order valence-corrected chi connectivity index (χ1v) is 7.70. The number of carboxylic acids is 1. The summed E-state index contributed by atoms with van der Waals surface area (Å²) in [5.41, 5.74) is 0.795. The molecule has 0 amide bonds. The van der Waals surface area contributed by atoms with Crippen LogP contribution in [0.25, 0.3) is 0 Å². The van der Waals surface area contributed by atoms with Gasteiger partial charge in [-0.2, -0.15) is 0 Å². The number of anilines is 1. The van der Waals surface area contributed by atoms with Gasteiger partial charge in [-0.05, 0) is 24.3 Å². The standard InChI is InChI=1S/C13H19NO4S/c1-4-19(17,18)12-7-5-11(6-8-12)14(3)9-10(2)13(15)16/h5-8,10H,4,9H2,1-3H3,(H,15,16)/t10-/m1/s1. The van der Waals surface area contributed by atoms with E-state index in [-0.39, 0.29) is 5.75 Å². The Hall–Kier alpha value is -1.56. The Morgan fingerprint density at radius 2 is 1.84 bits per heavy atom. The average molecular weight is 285 g/mol. The molecule has 0 unspecified atom stereocenters. The fourth-order valence-corrected chi connectivity index (χ4v) is 2.55. The molecule has 1 aromatic carbocycles. The fourth-order valence-electron chi connectivity index (χ4n) is 1.67. The quantitative estimate of drug-likeness (QED) is 0.860. The second kappa shape index (κ2) is 6.06. The van der Waals surface area contributed by atoms with Gasteiger partial charge in [0.1, 0.15) is 0 Å². The molecule has 1 aromatic rings. The smallest absolute Gasteiger partial charge is 0.308 e. The van der Waals surface area contributed by atoms with E-state index < -0.39 is 21.7 Å². The zero-order valence-corrected chi connectivity index (χ0v) is 12.1. The number of rotatable bonds is 6. The molecule has 0 aromatic heterocycles. The van der Waals surface area contributed by atoms with Gasteiger partial charge in [0, 0.05) is 19.3 Å². The fraction of sp³-hybridized carbons (Fsp3) is 0.462. The maximum absolute atomic E-state index is 11.7.